The summed E-state index contributed by atoms with van der Waals surface area (Å²) in [5.74, 6) is -1.22. The average molecular weight is 655 g/mol. The second-order valence-corrected chi connectivity index (χ2v) is 12.8. The number of nitrogens with zero attached hydrogens (tertiary/aromatic N) is 4. The first-order valence-electron chi connectivity index (χ1n) is 13.1. The van der Waals surface area contributed by atoms with Crippen LogP contribution in [0.3, 0.4) is 0 Å². The van der Waals surface area contributed by atoms with Crippen molar-refractivity contribution in [2.45, 2.75) is 37.8 Å². The predicted octanol–water partition coefficient (Wildman–Crippen LogP) is 0.0346. The molecule has 0 bridgehead atoms. The zero-order chi connectivity index (χ0) is 31.5. The van der Waals surface area contributed by atoms with Crippen molar-refractivity contribution in [1.82, 2.24) is 30.2 Å². The molecule has 4 heterocycles. The van der Waals surface area contributed by atoms with Crippen molar-refractivity contribution in [3.05, 3.63) is 48.5 Å². The van der Waals surface area contributed by atoms with Gasteiger partial charge in [-0.2, -0.15) is 0 Å². The van der Waals surface area contributed by atoms with Crippen LogP contribution in [0.25, 0.3) is 11.2 Å². The number of phosphoric ester groups is 1. The molecule has 7 atom stereocenters. The maximum atomic E-state index is 12.4. The molecule has 2 saturated heterocycles. The number of aliphatic carboxylic acids is 1. The zero-order valence-electron chi connectivity index (χ0n) is 22.9. The van der Waals surface area contributed by atoms with E-state index in [1.54, 1.807) is 31.2 Å². The number of hydrogen-bond acceptors (Lipinski definition) is 15. The normalized spacial score (nSPS) is 25.7. The number of rotatable bonds is 13. The monoisotopic (exact) mass is 655 g/mol. The number of ether oxygens (including phenoxy) is 3. The van der Waals surface area contributed by atoms with Gasteiger partial charge < -0.3 is 43.5 Å². The van der Waals surface area contributed by atoms with Gasteiger partial charge in [-0.15, -0.1) is 0 Å². The van der Waals surface area contributed by atoms with Crippen molar-refractivity contribution < 1.29 is 56.7 Å². The van der Waals surface area contributed by atoms with Gasteiger partial charge in [0.2, 0.25) is 0 Å². The van der Waals surface area contributed by atoms with Crippen LogP contribution in [0.2, 0.25) is 0 Å². The van der Waals surface area contributed by atoms with Gasteiger partial charge in [0.25, 0.3) is 7.82 Å². The van der Waals surface area contributed by atoms with Gasteiger partial charge in [-0.1, -0.05) is 30.3 Å². The highest BCUT2D eigenvalue weighted by atomic mass is 31.3. The molecule has 238 valence electrons. The third kappa shape index (κ3) is 7.47. The van der Waals surface area contributed by atoms with Gasteiger partial charge >= 0.3 is 12.0 Å². The number of carbonyl (C=O) groups excluding carboxylic acids is 1. The highest BCUT2D eigenvalue weighted by molar-refractivity contribution is 7.62. The third-order valence-electron chi connectivity index (χ3n) is 6.32. The van der Waals surface area contributed by atoms with Crippen LogP contribution in [0.1, 0.15) is 25.0 Å². The topological polar surface area (TPSA) is 260 Å². The lowest BCUT2D eigenvalue weighted by Gasteiger charge is -2.32. The van der Waals surface area contributed by atoms with Crippen LogP contribution in [0.15, 0.2) is 43.0 Å². The predicted molar refractivity (Wildman–Crippen MR) is 144 cm³/mol. The Kier molecular flexibility index (Phi) is 9.71. The van der Waals surface area contributed by atoms with Crippen LogP contribution in [-0.4, -0.2) is 80.9 Å². The molecule has 2 fully saturated rings. The molecule has 2 aliphatic rings. The van der Waals surface area contributed by atoms with Crippen molar-refractivity contribution in [3.8, 4) is 0 Å². The number of benzene rings is 1. The van der Waals surface area contributed by atoms with Crippen molar-refractivity contribution in [3.63, 3.8) is 0 Å². The molecule has 21 heteroatoms. The summed E-state index contributed by atoms with van der Waals surface area (Å²) in [6.07, 6.45) is -3.20. The van der Waals surface area contributed by atoms with Gasteiger partial charge in [0, 0.05) is 12.1 Å². The number of carbonyl (C=O) groups is 2. The van der Waals surface area contributed by atoms with E-state index in [0.29, 0.717) is 12.1 Å². The van der Waals surface area contributed by atoms with Crippen molar-refractivity contribution >= 4 is 44.4 Å². The van der Waals surface area contributed by atoms with E-state index in [2.05, 4.69) is 29.9 Å². The molecule has 0 radical (unpaired) electrons. The summed E-state index contributed by atoms with van der Waals surface area (Å²) < 4.78 is 53.4. The minimum atomic E-state index is -5.46. The molecule has 0 saturated carbocycles. The fourth-order valence-electron chi connectivity index (χ4n) is 4.57. The van der Waals surface area contributed by atoms with E-state index >= 15 is 0 Å². The molecule has 0 aliphatic carbocycles. The second kappa shape index (κ2) is 13.3. The summed E-state index contributed by atoms with van der Waals surface area (Å²) in [7, 11) is -10.5. The molecular formula is C23H27N7O12P2-2. The smallest absolute Gasteiger partial charge is 0.320 e. The molecule has 2 amide bonds. The van der Waals surface area contributed by atoms with Gasteiger partial charge in [0.1, 0.15) is 24.6 Å². The minimum Gasteiger partial charge on any atom is -0.777 e. The lowest BCUT2D eigenvalue weighted by atomic mass is 10.1. The number of imidazole rings is 1. The molecule has 0 spiro atoms. The van der Waals surface area contributed by atoms with E-state index in [1.165, 1.54) is 17.2 Å². The van der Waals surface area contributed by atoms with E-state index in [0.717, 1.165) is 0 Å². The number of carboxylic acid groups (broad SMARTS) is 1. The fourth-order valence-corrected chi connectivity index (χ4v) is 6.93. The highest BCUT2D eigenvalue weighted by Gasteiger charge is 2.54. The van der Waals surface area contributed by atoms with E-state index < -0.39 is 77.7 Å². The summed E-state index contributed by atoms with van der Waals surface area (Å²) in [6, 6.07) is 8.42. The lowest BCUT2D eigenvalue weighted by molar-refractivity contribution is -0.234. The molecule has 2 aromatic heterocycles. The summed E-state index contributed by atoms with van der Waals surface area (Å²) in [5.41, 5.74) is 1.16. The van der Waals surface area contributed by atoms with E-state index in [9.17, 15) is 28.5 Å². The Morgan fingerprint density at radius 2 is 1.84 bits per heavy atom. The van der Waals surface area contributed by atoms with E-state index in [1.807, 2.05) is 11.4 Å². The molecular weight excluding hydrogens is 628 g/mol. The van der Waals surface area contributed by atoms with Crippen LogP contribution in [0, 0.1) is 0 Å². The largest absolute Gasteiger partial charge is 0.777 e. The number of amides is 2. The number of phosphoric acid groups is 1. The quantitative estimate of drug-likeness (QED) is 0.177. The first-order chi connectivity index (χ1) is 21.0. The second-order valence-electron chi connectivity index (χ2n) is 9.45. The number of anilines is 1. The Morgan fingerprint density at radius 3 is 2.57 bits per heavy atom. The maximum absolute atomic E-state index is 12.4. The summed E-state index contributed by atoms with van der Waals surface area (Å²) in [6.45, 7) is 0.669. The maximum Gasteiger partial charge on any atom is 0.320 e. The Balaban J connectivity index is 1.36. The van der Waals surface area contributed by atoms with Crippen LogP contribution in [0.4, 0.5) is 10.6 Å². The number of carboxylic acids is 1. The molecule has 2 unspecified atom stereocenters. The first kappa shape index (κ1) is 32.1. The van der Waals surface area contributed by atoms with Gasteiger partial charge in [-0.25, -0.2) is 19.7 Å². The summed E-state index contributed by atoms with van der Waals surface area (Å²) in [4.78, 5) is 59.8. The van der Waals surface area contributed by atoms with Crippen LogP contribution < -0.4 is 25.7 Å². The molecule has 4 N–H and O–H groups in total. The van der Waals surface area contributed by atoms with E-state index in [4.69, 9.17) is 23.8 Å². The number of hydrogen-bond donors (Lipinski definition) is 4. The van der Waals surface area contributed by atoms with Gasteiger partial charge in [0.05, 0.1) is 25.8 Å². The number of aromatic nitrogens is 4. The Labute approximate surface area is 249 Å². The SMILES string of the molecule is CCNC(=O)Nc1ncnc2c1ncn2[C@@H]1O[C@H](COP(=O)([O-])OP(=O)([O-])CNCC(=O)O)[C@@H]2O[C@H](c3ccccc3)O[C@@H]21. The van der Waals surface area contributed by atoms with Crippen molar-refractivity contribution in [1.29, 1.82) is 0 Å². The molecule has 5 rings (SSSR count). The Hall–Kier alpha value is -3.35. The molecule has 2 aliphatic heterocycles. The zero-order valence-corrected chi connectivity index (χ0v) is 24.7. The van der Waals surface area contributed by atoms with E-state index in [-0.39, 0.29) is 17.0 Å². The summed E-state index contributed by atoms with van der Waals surface area (Å²) in [5, 5.41) is 15.8. The minimum absolute atomic E-state index is 0.129. The average Bonchev–Trinajstić information content (AvgIpc) is 3.66. The van der Waals surface area contributed by atoms with Gasteiger partial charge in [0.15, 0.2) is 37.1 Å². The van der Waals surface area contributed by atoms with Crippen LogP contribution in [-0.2, 0) is 37.0 Å². The number of fused-ring (bicyclic) bond motifs is 2. The number of nitrogens with one attached hydrogen (secondary N) is 3. The van der Waals surface area contributed by atoms with Gasteiger partial charge in [-0.3, -0.25) is 28.9 Å². The van der Waals surface area contributed by atoms with Gasteiger partial charge in [-0.05, 0) is 6.92 Å². The fraction of sp³-hybridized carbons (Fsp3) is 0.435. The van der Waals surface area contributed by atoms with Crippen molar-refractivity contribution in [2.24, 2.45) is 0 Å². The molecule has 44 heavy (non-hydrogen) atoms. The molecule has 1 aromatic carbocycles. The third-order valence-corrected chi connectivity index (χ3v) is 9.20. The highest BCUT2D eigenvalue weighted by Crippen LogP contribution is 2.55. The Morgan fingerprint density at radius 1 is 1.09 bits per heavy atom. The lowest BCUT2D eigenvalue weighted by Crippen LogP contribution is -2.32. The summed E-state index contributed by atoms with van der Waals surface area (Å²) >= 11 is 0. The first-order valence-corrected chi connectivity index (χ1v) is 16.3. The number of urea groups is 1. The van der Waals surface area contributed by atoms with Crippen LogP contribution in [0.5, 0.6) is 0 Å². The van der Waals surface area contributed by atoms with Crippen LogP contribution >= 0.6 is 15.4 Å². The standard InChI is InChI=1S/C23H29N7O12P2/c1-2-25-23(33)29-19-16-20(27-10-26-19)30(11-28-16)21-18-17(40-22(41-18)13-6-4-3-5-7-13)14(39-21)9-38-44(36,37)42-43(34,35)12-24-8-15(31)32/h3-7,10-11,14,17-18,21-22,24H,2,8-9,12H2,1H3,(H,31,32)(H,34,35)(H,36,37)(H2,25,26,27,29,33)/p-2/t14-,17+,18+,21-,22+/m1/s1. The molecule has 3 aromatic rings. The Bertz CT molecular complexity index is 1590. The van der Waals surface area contributed by atoms with Crippen molar-refractivity contribution in [2.75, 3.05) is 31.3 Å². The molecule has 19 nitrogen and oxygen atoms in total.